The number of rotatable bonds is 4. The standard InChI is InChI=1S/C12H16N2O3S/c1-12(2,3)18(17)13-8-7-10-5-4-6-11(9-10)14(15)16/h4-6,8-9H,7H2,1-3H3/b13-8+/t18-/m1/s1. The summed E-state index contributed by atoms with van der Waals surface area (Å²) in [6.07, 6.45) is 1.98. The molecule has 6 heteroatoms. The summed E-state index contributed by atoms with van der Waals surface area (Å²) in [7, 11) is 0. The highest BCUT2D eigenvalue weighted by molar-refractivity contribution is 7.91. The number of hydrogen-bond acceptors (Lipinski definition) is 4. The number of hydrogen-bond donors (Lipinski definition) is 0. The van der Waals surface area contributed by atoms with Gasteiger partial charge in [-0.2, -0.15) is 0 Å². The summed E-state index contributed by atoms with van der Waals surface area (Å²) in [5.41, 5.74) is 0.830. The van der Waals surface area contributed by atoms with E-state index in [2.05, 4.69) is 4.40 Å². The molecule has 0 saturated carbocycles. The van der Waals surface area contributed by atoms with Crippen molar-refractivity contribution in [3.8, 4) is 0 Å². The third-order valence-electron chi connectivity index (χ3n) is 2.14. The fourth-order valence-electron chi connectivity index (χ4n) is 1.17. The molecule has 0 spiro atoms. The quantitative estimate of drug-likeness (QED) is 0.364. The average molecular weight is 268 g/mol. The van der Waals surface area contributed by atoms with Gasteiger partial charge in [0.1, 0.15) is 16.1 Å². The van der Waals surface area contributed by atoms with Crippen LogP contribution in [0.25, 0.3) is 0 Å². The summed E-state index contributed by atoms with van der Waals surface area (Å²) >= 11 is -1.29. The Morgan fingerprint density at radius 3 is 2.67 bits per heavy atom. The highest BCUT2D eigenvalue weighted by Gasteiger charge is 2.25. The number of nitrogens with zero attached hydrogens (tertiary/aromatic N) is 2. The van der Waals surface area contributed by atoms with Crippen molar-refractivity contribution in [2.45, 2.75) is 31.9 Å². The van der Waals surface area contributed by atoms with Gasteiger partial charge in [0, 0.05) is 18.6 Å². The number of benzene rings is 1. The summed E-state index contributed by atoms with van der Waals surface area (Å²) in [5.74, 6) is 0. The predicted molar refractivity (Wildman–Crippen MR) is 73.2 cm³/mol. The zero-order valence-corrected chi connectivity index (χ0v) is 11.4. The highest BCUT2D eigenvalue weighted by Crippen LogP contribution is 2.17. The van der Waals surface area contributed by atoms with E-state index >= 15 is 0 Å². The Hall–Kier alpha value is -1.40. The average Bonchev–Trinajstić information content (AvgIpc) is 2.28. The molecule has 0 bridgehead atoms. The fourth-order valence-corrected chi connectivity index (χ4v) is 1.69. The van der Waals surface area contributed by atoms with Gasteiger partial charge in [-0.05, 0) is 26.3 Å². The molecule has 0 aliphatic carbocycles. The maximum Gasteiger partial charge on any atom is 0.269 e. The molecule has 1 aromatic carbocycles. The van der Waals surface area contributed by atoms with Crippen LogP contribution in [0.4, 0.5) is 5.69 Å². The first-order chi connectivity index (χ1) is 8.30. The lowest BCUT2D eigenvalue weighted by Crippen LogP contribution is -2.25. The lowest BCUT2D eigenvalue weighted by Gasteiger charge is -2.17. The van der Waals surface area contributed by atoms with Gasteiger partial charge in [-0.1, -0.05) is 16.5 Å². The highest BCUT2D eigenvalue weighted by atomic mass is 32.2. The maximum atomic E-state index is 11.6. The molecule has 0 unspecified atom stereocenters. The SMILES string of the molecule is CC(C)(C)[S@@+]([O-])/N=C/Cc1cccc([N+](=O)[O-])c1. The first-order valence-electron chi connectivity index (χ1n) is 5.48. The van der Waals surface area contributed by atoms with Crippen LogP contribution in [-0.2, 0) is 17.8 Å². The van der Waals surface area contributed by atoms with Gasteiger partial charge in [-0.3, -0.25) is 10.1 Å². The van der Waals surface area contributed by atoms with E-state index < -0.39 is 16.3 Å². The summed E-state index contributed by atoms with van der Waals surface area (Å²) in [6, 6.07) is 6.33. The van der Waals surface area contributed by atoms with E-state index in [0.29, 0.717) is 6.42 Å². The molecule has 18 heavy (non-hydrogen) atoms. The van der Waals surface area contributed by atoms with E-state index in [1.165, 1.54) is 12.1 Å². The third kappa shape index (κ3) is 4.46. The smallest absolute Gasteiger partial charge is 0.269 e. The van der Waals surface area contributed by atoms with E-state index in [4.69, 9.17) is 0 Å². The number of non-ortho nitro benzene ring substituents is 1. The van der Waals surface area contributed by atoms with Gasteiger partial charge < -0.3 is 4.55 Å². The van der Waals surface area contributed by atoms with Crippen LogP contribution in [-0.4, -0.2) is 20.4 Å². The van der Waals surface area contributed by atoms with Crippen LogP contribution in [0.1, 0.15) is 26.3 Å². The van der Waals surface area contributed by atoms with Gasteiger partial charge in [0.05, 0.1) is 11.1 Å². The van der Waals surface area contributed by atoms with E-state index in [9.17, 15) is 14.7 Å². The molecular weight excluding hydrogens is 252 g/mol. The van der Waals surface area contributed by atoms with Crippen LogP contribution in [0.3, 0.4) is 0 Å². The Kier molecular flexibility index (Phi) is 4.86. The number of nitro groups is 1. The van der Waals surface area contributed by atoms with Crippen LogP contribution in [0.15, 0.2) is 28.7 Å². The first-order valence-corrected chi connectivity index (χ1v) is 6.59. The van der Waals surface area contributed by atoms with Crippen LogP contribution in [0.2, 0.25) is 0 Å². The normalized spacial score (nSPS) is 13.8. The van der Waals surface area contributed by atoms with E-state index in [1.54, 1.807) is 18.3 Å². The van der Waals surface area contributed by atoms with Gasteiger partial charge >= 0.3 is 0 Å². The van der Waals surface area contributed by atoms with Crippen molar-refractivity contribution in [3.63, 3.8) is 0 Å². The van der Waals surface area contributed by atoms with Crippen molar-refractivity contribution < 1.29 is 9.48 Å². The van der Waals surface area contributed by atoms with Crippen molar-refractivity contribution in [2.24, 2.45) is 4.40 Å². The monoisotopic (exact) mass is 268 g/mol. The molecule has 0 amide bonds. The van der Waals surface area contributed by atoms with Gasteiger partial charge in [0.2, 0.25) is 0 Å². The minimum Gasteiger partial charge on any atom is -0.591 e. The molecule has 1 rings (SSSR count). The van der Waals surface area contributed by atoms with Crippen LogP contribution in [0, 0.1) is 10.1 Å². The lowest BCUT2D eigenvalue weighted by atomic mass is 10.1. The molecular formula is C12H16N2O3S. The topological polar surface area (TPSA) is 78.6 Å². The molecule has 98 valence electrons. The minimum atomic E-state index is -1.29. The zero-order valence-electron chi connectivity index (χ0n) is 10.6. The van der Waals surface area contributed by atoms with Crippen LogP contribution >= 0.6 is 0 Å². The first kappa shape index (κ1) is 14.7. The van der Waals surface area contributed by atoms with Gasteiger partial charge in [0.15, 0.2) is 0 Å². The molecule has 0 aliphatic heterocycles. The second kappa shape index (κ2) is 5.97. The second-order valence-electron chi connectivity index (χ2n) is 4.78. The fraction of sp³-hybridized carbons (Fsp3) is 0.417. The van der Waals surface area contributed by atoms with Crippen LogP contribution < -0.4 is 0 Å². The molecule has 5 nitrogen and oxygen atoms in total. The number of nitro benzene ring substituents is 1. The molecule has 0 saturated heterocycles. The predicted octanol–water partition coefficient (Wildman–Crippen LogP) is 2.67. The molecule has 0 radical (unpaired) electrons. The minimum absolute atomic E-state index is 0.0536. The van der Waals surface area contributed by atoms with Crippen molar-refractivity contribution in [1.82, 2.24) is 0 Å². The molecule has 1 aromatic rings. The molecule has 0 aliphatic rings. The summed E-state index contributed by atoms with van der Waals surface area (Å²) < 4.78 is 15.2. The van der Waals surface area contributed by atoms with Crippen LogP contribution in [0.5, 0.6) is 0 Å². The van der Waals surface area contributed by atoms with E-state index in [1.807, 2.05) is 20.8 Å². The zero-order chi connectivity index (χ0) is 13.8. The second-order valence-corrected chi connectivity index (χ2v) is 6.71. The van der Waals surface area contributed by atoms with Gasteiger partial charge in [-0.15, -0.1) is 0 Å². The van der Waals surface area contributed by atoms with Crippen molar-refractivity contribution >= 4 is 23.3 Å². The molecule has 0 heterocycles. The van der Waals surface area contributed by atoms with E-state index in [0.717, 1.165) is 5.56 Å². The Balaban J connectivity index is 2.67. The van der Waals surface area contributed by atoms with Crippen molar-refractivity contribution in [3.05, 3.63) is 39.9 Å². The van der Waals surface area contributed by atoms with Gasteiger partial charge in [-0.25, -0.2) is 0 Å². The summed E-state index contributed by atoms with van der Waals surface area (Å²) in [4.78, 5) is 10.2. The maximum absolute atomic E-state index is 11.6. The molecule has 0 aromatic heterocycles. The third-order valence-corrected chi connectivity index (χ3v) is 3.53. The lowest BCUT2D eigenvalue weighted by molar-refractivity contribution is -0.384. The Labute approximate surface area is 109 Å². The Morgan fingerprint density at radius 2 is 2.11 bits per heavy atom. The summed E-state index contributed by atoms with van der Waals surface area (Å²) in [5, 5.41) is 10.6. The summed E-state index contributed by atoms with van der Waals surface area (Å²) in [6.45, 7) is 5.52. The molecule has 1 atom stereocenters. The molecule has 0 N–H and O–H groups in total. The van der Waals surface area contributed by atoms with E-state index in [-0.39, 0.29) is 10.4 Å². The van der Waals surface area contributed by atoms with Crippen molar-refractivity contribution in [1.29, 1.82) is 0 Å². The van der Waals surface area contributed by atoms with Gasteiger partial charge in [0.25, 0.3) is 5.69 Å². The Morgan fingerprint density at radius 1 is 1.44 bits per heavy atom. The largest absolute Gasteiger partial charge is 0.591 e. The Bertz CT molecular complexity index is 455. The molecule has 0 fully saturated rings. The van der Waals surface area contributed by atoms with Crippen molar-refractivity contribution in [2.75, 3.05) is 0 Å².